The maximum absolute atomic E-state index is 8.51. The van der Waals surface area contributed by atoms with Crippen LogP contribution in [0, 0.1) is 0 Å². The lowest BCUT2D eigenvalue weighted by Crippen LogP contribution is -2.33. The summed E-state index contributed by atoms with van der Waals surface area (Å²) in [4.78, 5) is 2.24. The van der Waals surface area contributed by atoms with E-state index in [1.807, 2.05) is 0 Å². The number of rotatable bonds is 14. The van der Waals surface area contributed by atoms with E-state index in [-0.39, 0.29) is 6.61 Å². The van der Waals surface area contributed by atoms with Crippen molar-refractivity contribution >= 4 is 0 Å². The molecule has 1 N–H and O–H groups in total. The van der Waals surface area contributed by atoms with Gasteiger partial charge in [0.1, 0.15) is 0 Å². The fourth-order valence-electron chi connectivity index (χ4n) is 1.36. The quantitative estimate of drug-likeness (QED) is 0.432. The molecule has 0 spiro atoms. The van der Waals surface area contributed by atoms with Gasteiger partial charge in [-0.1, -0.05) is 0 Å². The van der Waals surface area contributed by atoms with Crippen molar-refractivity contribution < 1.29 is 24.1 Å². The predicted molar refractivity (Wildman–Crippen MR) is 68.9 cm³/mol. The van der Waals surface area contributed by atoms with E-state index in [1.165, 1.54) is 0 Å². The van der Waals surface area contributed by atoms with Crippen molar-refractivity contribution in [2.45, 2.75) is 0 Å². The lowest BCUT2D eigenvalue weighted by Gasteiger charge is -2.21. The Hall–Kier alpha value is -0.240. The third-order valence-electron chi connectivity index (χ3n) is 2.38. The zero-order valence-electron chi connectivity index (χ0n) is 11.6. The largest absolute Gasteiger partial charge is 0.394 e. The number of ether oxygens (including phenoxy) is 4. The number of hydrogen-bond donors (Lipinski definition) is 1. The van der Waals surface area contributed by atoms with Crippen LogP contribution in [0.2, 0.25) is 0 Å². The van der Waals surface area contributed by atoms with Crippen molar-refractivity contribution in [2.75, 3.05) is 80.1 Å². The van der Waals surface area contributed by atoms with Crippen molar-refractivity contribution in [3.63, 3.8) is 0 Å². The minimum absolute atomic E-state index is 0.0574. The normalized spacial score (nSPS) is 11.3. The molecule has 0 aromatic carbocycles. The summed E-state index contributed by atoms with van der Waals surface area (Å²) in [5.41, 5.74) is 0. The van der Waals surface area contributed by atoms with Gasteiger partial charge in [-0.3, -0.25) is 4.90 Å². The van der Waals surface area contributed by atoms with Crippen molar-refractivity contribution in [3.8, 4) is 0 Å². The Labute approximate surface area is 110 Å². The van der Waals surface area contributed by atoms with Gasteiger partial charge in [-0.25, -0.2) is 0 Å². The Morgan fingerprint density at radius 3 is 1.72 bits per heavy atom. The summed E-state index contributed by atoms with van der Waals surface area (Å²) in [7, 11) is 3.40. The van der Waals surface area contributed by atoms with Crippen molar-refractivity contribution in [2.24, 2.45) is 0 Å². The highest BCUT2D eigenvalue weighted by molar-refractivity contribution is 4.56. The van der Waals surface area contributed by atoms with Crippen LogP contribution in [-0.2, 0) is 18.9 Å². The average Bonchev–Trinajstić information content (AvgIpc) is 2.40. The Morgan fingerprint density at radius 2 is 1.22 bits per heavy atom. The molecule has 0 bridgehead atoms. The van der Waals surface area contributed by atoms with E-state index in [2.05, 4.69) is 4.90 Å². The number of methoxy groups -OCH3 is 2. The predicted octanol–water partition coefficient (Wildman–Crippen LogP) is -0.393. The highest BCUT2D eigenvalue weighted by Gasteiger charge is 2.04. The van der Waals surface area contributed by atoms with Crippen LogP contribution in [0.25, 0.3) is 0 Å². The molecule has 6 heteroatoms. The molecule has 0 aromatic heterocycles. The SMILES string of the molecule is COCCN(CCOC)CCOCCOCCO. The fraction of sp³-hybridized carbons (Fsp3) is 1.00. The average molecular weight is 265 g/mol. The number of aliphatic hydroxyl groups is 1. The lowest BCUT2D eigenvalue weighted by molar-refractivity contribution is 0.0221. The van der Waals surface area contributed by atoms with Crippen molar-refractivity contribution in [1.29, 1.82) is 0 Å². The maximum atomic E-state index is 8.51. The highest BCUT2D eigenvalue weighted by Crippen LogP contribution is 1.90. The molecule has 0 amide bonds. The van der Waals surface area contributed by atoms with Gasteiger partial charge in [-0.05, 0) is 0 Å². The van der Waals surface area contributed by atoms with Gasteiger partial charge in [0, 0.05) is 33.9 Å². The molecule has 0 fully saturated rings. The second-order valence-corrected chi connectivity index (χ2v) is 3.78. The molecule has 110 valence electrons. The minimum atomic E-state index is 0.0574. The van der Waals surface area contributed by atoms with Crippen LogP contribution in [-0.4, -0.2) is 90.1 Å². The first-order valence-corrected chi connectivity index (χ1v) is 6.31. The molecule has 0 saturated carbocycles. The standard InChI is InChI=1S/C12H27NO5/c1-15-7-3-13(4-8-16-2)5-9-17-11-12-18-10-6-14/h14H,3-12H2,1-2H3. The monoisotopic (exact) mass is 265 g/mol. The first kappa shape index (κ1) is 17.8. The van der Waals surface area contributed by atoms with Crippen LogP contribution >= 0.6 is 0 Å². The molecule has 0 atom stereocenters. The van der Waals surface area contributed by atoms with Crippen molar-refractivity contribution in [1.82, 2.24) is 4.90 Å². The molecular weight excluding hydrogens is 238 g/mol. The highest BCUT2D eigenvalue weighted by atomic mass is 16.5. The zero-order valence-corrected chi connectivity index (χ0v) is 11.6. The molecule has 0 aliphatic heterocycles. The van der Waals surface area contributed by atoms with Gasteiger partial charge in [-0.15, -0.1) is 0 Å². The van der Waals surface area contributed by atoms with Gasteiger partial charge in [0.2, 0.25) is 0 Å². The van der Waals surface area contributed by atoms with Gasteiger partial charge in [0.05, 0.1) is 46.2 Å². The van der Waals surface area contributed by atoms with Crippen LogP contribution in [0.4, 0.5) is 0 Å². The van der Waals surface area contributed by atoms with E-state index >= 15 is 0 Å². The molecule has 0 aliphatic carbocycles. The van der Waals surface area contributed by atoms with E-state index in [0.29, 0.717) is 39.6 Å². The maximum Gasteiger partial charge on any atom is 0.0701 e. The van der Waals surface area contributed by atoms with Gasteiger partial charge in [-0.2, -0.15) is 0 Å². The molecule has 0 aliphatic rings. The third-order valence-corrected chi connectivity index (χ3v) is 2.38. The lowest BCUT2D eigenvalue weighted by atomic mass is 10.4. The second-order valence-electron chi connectivity index (χ2n) is 3.78. The first-order chi connectivity index (χ1) is 8.85. The molecule has 0 radical (unpaired) electrons. The molecule has 0 unspecified atom stereocenters. The molecule has 0 heterocycles. The van der Waals surface area contributed by atoms with E-state index in [4.69, 9.17) is 24.1 Å². The number of hydrogen-bond acceptors (Lipinski definition) is 6. The van der Waals surface area contributed by atoms with Crippen LogP contribution < -0.4 is 0 Å². The van der Waals surface area contributed by atoms with Crippen LogP contribution in [0.15, 0.2) is 0 Å². The Bertz CT molecular complexity index is 151. The summed E-state index contributed by atoms with van der Waals surface area (Å²) in [6.07, 6.45) is 0. The van der Waals surface area contributed by atoms with E-state index < -0.39 is 0 Å². The smallest absolute Gasteiger partial charge is 0.0701 e. The molecular formula is C12H27NO5. The molecule has 0 saturated heterocycles. The third kappa shape index (κ3) is 12.2. The topological polar surface area (TPSA) is 60.4 Å². The number of nitrogens with zero attached hydrogens (tertiary/aromatic N) is 1. The van der Waals surface area contributed by atoms with E-state index in [0.717, 1.165) is 19.6 Å². The van der Waals surface area contributed by atoms with Gasteiger partial charge < -0.3 is 24.1 Å². The Kier molecular flexibility index (Phi) is 14.6. The summed E-state index contributed by atoms with van der Waals surface area (Å²) in [5.74, 6) is 0. The van der Waals surface area contributed by atoms with Gasteiger partial charge in [0.25, 0.3) is 0 Å². The van der Waals surface area contributed by atoms with E-state index in [1.54, 1.807) is 14.2 Å². The van der Waals surface area contributed by atoms with Crippen LogP contribution in [0.5, 0.6) is 0 Å². The molecule has 0 aromatic rings. The summed E-state index contributed by atoms with van der Waals surface area (Å²) >= 11 is 0. The Morgan fingerprint density at radius 1 is 0.722 bits per heavy atom. The van der Waals surface area contributed by atoms with Gasteiger partial charge in [0.15, 0.2) is 0 Å². The van der Waals surface area contributed by atoms with Crippen LogP contribution in [0.1, 0.15) is 0 Å². The molecule has 0 rings (SSSR count). The number of aliphatic hydroxyl groups excluding tert-OH is 1. The van der Waals surface area contributed by atoms with Gasteiger partial charge >= 0.3 is 0 Å². The zero-order chi connectivity index (χ0) is 13.5. The van der Waals surface area contributed by atoms with Crippen molar-refractivity contribution in [3.05, 3.63) is 0 Å². The second kappa shape index (κ2) is 14.8. The summed E-state index contributed by atoms with van der Waals surface area (Å²) < 4.78 is 20.6. The minimum Gasteiger partial charge on any atom is -0.394 e. The molecule has 18 heavy (non-hydrogen) atoms. The van der Waals surface area contributed by atoms with Crippen LogP contribution in [0.3, 0.4) is 0 Å². The summed E-state index contributed by atoms with van der Waals surface area (Å²) in [5, 5.41) is 8.51. The summed E-state index contributed by atoms with van der Waals surface area (Å²) in [6.45, 7) is 6.21. The molecule has 6 nitrogen and oxygen atoms in total. The fourth-order valence-corrected chi connectivity index (χ4v) is 1.36. The summed E-state index contributed by atoms with van der Waals surface area (Å²) in [6, 6.07) is 0. The van der Waals surface area contributed by atoms with E-state index in [9.17, 15) is 0 Å². The Balaban J connectivity index is 3.43. The first-order valence-electron chi connectivity index (χ1n) is 6.31.